The van der Waals surface area contributed by atoms with Gasteiger partial charge in [-0.15, -0.1) is 0 Å². The highest BCUT2D eigenvalue weighted by Crippen LogP contribution is 2.19. The number of amides is 2. The molecular formula is C17H20ClN3O3. The fraction of sp³-hybridized carbons (Fsp3) is 0.471. The van der Waals surface area contributed by atoms with Crippen LogP contribution in [0.2, 0.25) is 5.02 Å². The van der Waals surface area contributed by atoms with Crippen molar-refractivity contribution in [2.45, 2.75) is 38.3 Å². The highest BCUT2D eigenvalue weighted by atomic mass is 35.5. The van der Waals surface area contributed by atoms with Crippen LogP contribution in [0, 0.1) is 0 Å². The lowest BCUT2D eigenvalue weighted by atomic mass is 10.0. The standard InChI is InChI=1S/C17H20ClN3O3/c1-11(17(23)21-8-2-3-9-21)19-16(22)15-10-14(20-24-15)12-4-6-13(18)7-5-12/h4-7,11,15H,2-3,8-10H2,1H3,(H,19,22)/t11-,15-/m1/s1. The molecule has 1 fully saturated rings. The van der Waals surface area contributed by atoms with Crippen LogP contribution in [0.15, 0.2) is 29.4 Å². The molecule has 7 heteroatoms. The number of likely N-dealkylation sites (tertiary alicyclic amines) is 1. The van der Waals surface area contributed by atoms with E-state index in [0.717, 1.165) is 31.5 Å². The molecule has 2 aliphatic heterocycles. The third-order valence-corrected chi connectivity index (χ3v) is 4.54. The number of rotatable bonds is 4. The second-order valence-corrected chi connectivity index (χ2v) is 6.54. The smallest absolute Gasteiger partial charge is 0.264 e. The number of benzene rings is 1. The molecule has 1 saturated heterocycles. The van der Waals surface area contributed by atoms with Crippen LogP contribution < -0.4 is 5.32 Å². The predicted molar refractivity (Wildman–Crippen MR) is 90.9 cm³/mol. The van der Waals surface area contributed by atoms with E-state index in [0.29, 0.717) is 17.2 Å². The van der Waals surface area contributed by atoms with E-state index in [2.05, 4.69) is 10.5 Å². The van der Waals surface area contributed by atoms with Gasteiger partial charge < -0.3 is 15.1 Å². The van der Waals surface area contributed by atoms with Gasteiger partial charge in [-0.2, -0.15) is 0 Å². The number of oxime groups is 1. The summed E-state index contributed by atoms with van der Waals surface area (Å²) in [5.41, 5.74) is 1.57. The highest BCUT2D eigenvalue weighted by molar-refractivity contribution is 6.30. The molecule has 3 rings (SSSR count). The average molecular weight is 350 g/mol. The van der Waals surface area contributed by atoms with Crippen molar-refractivity contribution in [3.63, 3.8) is 0 Å². The first-order valence-electron chi connectivity index (χ1n) is 8.12. The summed E-state index contributed by atoms with van der Waals surface area (Å²) in [7, 11) is 0. The Hall–Kier alpha value is -2.08. The minimum absolute atomic E-state index is 0.0438. The number of halogens is 1. The zero-order chi connectivity index (χ0) is 17.1. The maximum absolute atomic E-state index is 12.3. The molecular weight excluding hydrogens is 330 g/mol. The maximum Gasteiger partial charge on any atom is 0.264 e. The minimum atomic E-state index is -0.704. The number of hydrogen-bond donors (Lipinski definition) is 1. The molecule has 2 heterocycles. The van der Waals surface area contributed by atoms with E-state index in [1.54, 1.807) is 24.0 Å². The quantitative estimate of drug-likeness (QED) is 0.903. The lowest BCUT2D eigenvalue weighted by Crippen LogP contribution is -2.48. The summed E-state index contributed by atoms with van der Waals surface area (Å²) in [6.07, 6.45) is 1.72. The van der Waals surface area contributed by atoms with Gasteiger partial charge >= 0.3 is 0 Å². The van der Waals surface area contributed by atoms with Crippen molar-refractivity contribution >= 4 is 29.1 Å². The predicted octanol–water partition coefficient (Wildman–Crippen LogP) is 1.96. The van der Waals surface area contributed by atoms with E-state index >= 15 is 0 Å². The molecule has 0 bridgehead atoms. The molecule has 0 unspecified atom stereocenters. The monoisotopic (exact) mass is 349 g/mol. The number of carbonyl (C=O) groups is 2. The molecule has 1 aromatic rings. The number of hydrogen-bond acceptors (Lipinski definition) is 4. The molecule has 0 saturated carbocycles. The third-order valence-electron chi connectivity index (χ3n) is 4.29. The number of nitrogens with zero attached hydrogens (tertiary/aromatic N) is 2. The maximum atomic E-state index is 12.3. The van der Waals surface area contributed by atoms with Crippen molar-refractivity contribution in [3.8, 4) is 0 Å². The number of carbonyl (C=O) groups excluding carboxylic acids is 2. The Kier molecular flexibility index (Phi) is 5.04. The van der Waals surface area contributed by atoms with Crippen LogP contribution in [0.3, 0.4) is 0 Å². The normalized spacial score (nSPS) is 21.2. The van der Waals surface area contributed by atoms with Crippen LogP contribution >= 0.6 is 11.6 Å². The Balaban J connectivity index is 1.53. The molecule has 0 spiro atoms. The number of nitrogens with one attached hydrogen (secondary N) is 1. The molecule has 6 nitrogen and oxygen atoms in total. The third kappa shape index (κ3) is 3.70. The largest absolute Gasteiger partial charge is 0.382 e. The second-order valence-electron chi connectivity index (χ2n) is 6.11. The van der Waals surface area contributed by atoms with Gasteiger partial charge in [0.05, 0.1) is 5.71 Å². The summed E-state index contributed by atoms with van der Waals surface area (Å²) in [6, 6.07) is 6.65. The van der Waals surface area contributed by atoms with Crippen molar-refractivity contribution in [1.82, 2.24) is 10.2 Å². The lowest BCUT2D eigenvalue weighted by Gasteiger charge is -2.21. The van der Waals surface area contributed by atoms with Crippen molar-refractivity contribution in [2.24, 2.45) is 5.16 Å². The van der Waals surface area contributed by atoms with Gasteiger partial charge in [-0.25, -0.2) is 0 Å². The summed E-state index contributed by atoms with van der Waals surface area (Å²) < 4.78 is 0. The van der Waals surface area contributed by atoms with Gasteiger partial charge in [0.1, 0.15) is 6.04 Å². The molecule has 2 aliphatic rings. The molecule has 24 heavy (non-hydrogen) atoms. The van der Waals surface area contributed by atoms with E-state index in [9.17, 15) is 9.59 Å². The molecule has 2 amide bonds. The topological polar surface area (TPSA) is 71.0 Å². The Bertz CT molecular complexity index is 654. The molecule has 1 N–H and O–H groups in total. The molecule has 0 aromatic heterocycles. The van der Waals surface area contributed by atoms with Gasteiger partial charge in [-0.3, -0.25) is 9.59 Å². The van der Waals surface area contributed by atoms with Crippen LogP contribution in [-0.2, 0) is 14.4 Å². The molecule has 1 aromatic carbocycles. The highest BCUT2D eigenvalue weighted by Gasteiger charge is 2.32. The van der Waals surface area contributed by atoms with Crippen molar-refractivity contribution in [3.05, 3.63) is 34.9 Å². The zero-order valence-electron chi connectivity index (χ0n) is 13.5. The van der Waals surface area contributed by atoms with Gasteiger partial charge in [0.25, 0.3) is 5.91 Å². The Morgan fingerprint density at radius 1 is 1.29 bits per heavy atom. The molecule has 2 atom stereocenters. The lowest BCUT2D eigenvalue weighted by molar-refractivity contribution is -0.138. The Morgan fingerprint density at radius 3 is 2.62 bits per heavy atom. The van der Waals surface area contributed by atoms with Gasteiger partial charge in [-0.1, -0.05) is 28.9 Å². The van der Waals surface area contributed by atoms with Crippen LogP contribution in [0.25, 0.3) is 0 Å². The van der Waals surface area contributed by atoms with Crippen LogP contribution in [0.1, 0.15) is 31.7 Å². The molecule has 128 valence electrons. The minimum Gasteiger partial charge on any atom is -0.382 e. The van der Waals surface area contributed by atoms with Gasteiger partial charge in [0, 0.05) is 24.5 Å². The molecule has 0 radical (unpaired) electrons. The summed E-state index contributed by atoms with van der Waals surface area (Å²) >= 11 is 5.87. The van der Waals surface area contributed by atoms with Crippen molar-refractivity contribution in [1.29, 1.82) is 0 Å². The molecule has 0 aliphatic carbocycles. The van der Waals surface area contributed by atoms with Gasteiger partial charge in [-0.05, 0) is 37.5 Å². The van der Waals surface area contributed by atoms with Crippen LogP contribution in [0.4, 0.5) is 0 Å². The first-order chi connectivity index (χ1) is 11.5. The average Bonchev–Trinajstić information content (AvgIpc) is 3.26. The Labute approximate surface area is 145 Å². The van der Waals surface area contributed by atoms with Crippen LogP contribution in [-0.4, -0.2) is 47.7 Å². The summed E-state index contributed by atoms with van der Waals surface area (Å²) in [5.74, 6) is -0.361. The first kappa shape index (κ1) is 16.8. The fourth-order valence-corrected chi connectivity index (χ4v) is 3.04. The van der Waals surface area contributed by atoms with Crippen molar-refractivity contribution in [2.75, 3.05) is 13.1 Å². The van der Waals surface area contributed by atoms with Crippen molar-refractivity contribution < 1.29 is 14.4 Å². The van der Waals surface area contributed by atoms with E-state index in [1.807, 2.05) is 12.1 Å². The summed E-state index contributed by atoms with van der Waals surface area (Å²) in [5, 5.41) is 7.36. The zero-order valence-corrected chi connectivity index (χ0v) is 14.3. The second kappa shape index (κ2) is 7.21. The first-order valence-corrected chi connectivity index (χ1v) is 8.50. The van der Waals surface area contributed by atoms with E-state index in [1.165, 1.54) is 0 Å². The van der Waals surface area contributed by atoms with E-state index in [4.69, 9.17) is 16.4 Å². The van der Waals surface area contributed by atoms with Gasteiger partial charge in [0.2, 0.25) is 12.0 Å². The fourth-order valence-electron chi connectivity index (χ4n) is 2.91. The van der Waals surface area contributed by atoms with Crippen LogP contribution in [0.5, 0.6) is 0 Å². The Morgan fingerprint density at radius 2 is 1.96 bits per heavy atom. The summed E-state index contributed by atoms with van der Waals surface area (Å²) in [4.78, 5) is 31.6. The SMILES string of the molecule is C[C@@H](NC(=O)[C@H]1CC(c2ccc(Cl)cc2)=NO1)C(=O)N1CCCC1. The van der Waals surface area contributed by atoms with E-state index in [-0.39, 0.29) is 11.8 Å². The van der Waals surface area contributed by atoms with E-state index < -0.39 is 12.1 Å². The summed E-state index contributed by atoms with van der Waals surface area (Å²) in [6.45, 7) is 3.24. The van der Waals surface area contributed by atoms with Gasteiger partial charge in [0.15, 0.2) is 0 Å².